The number of unbranched alkanes of at least 4 members (excludes halogenated alkanes) is 28. The van der Waals surface area contributed by atoms with Crippen LogP contribution in [0.4, 0.5) is 0 Å². The molecule has 0 aliphatic carbocycles. The molecule has 0 heterocycles. The molecule has 0 aliphatic heterocycles. The Balaban J connectivity index is 4.25. The molecule has 9 nitrogen and oxygen atoms in total. The minimum Gasteiger partial charge on any atom is -0.477 e. The van der Waals surface area contributed by atoms with Gasteiger partial charge in [-0.1, -0.05) is 192 Å². The summed E-state index contributed by atoms with van der Waals surface area (Å²) < 4.78 is 22.8. The van der Waals surface area contributed by atoms with Gasteiger partial charge in [0.1, 0.15) is 13.2 Å². The first-order valence-electron chi connectivity index (χ1n) is 26.7. The maximum absolute atomic E-state index is 12.8. The van der Waals surface area contributed by atoms with Crippen LogP contribution < -0.4 is 0 Å². The molecular weight excluding hydrogens is 803 g/mol. The molecule has 0 aromatic heterocycles. The average molecular weight is 905 g/mol. The van der Waals surface area contributed by atoms with Gasteiger partial charge in [0, 0.05) is 12.8 Å². The highest BCUT2D eigenvalue weighted by atomic mass is 16.7. The SMILES string of the molecule is CCCCCCC/C=C\C/C=C\CCCCCCCCCCCCCCCC(=O)OC(COC(=O)CCCCCCC/C=C\CCCCCCC)COC(OCC[N+](C)(C)C)C(=O)O. The maximum atomic E-state index is 12.8. The zero-order chi connectivity index (χ0) is 47.0. The number of nitrogens with zero attached hydrogens (tertiary/aromatic N) is 1. The van der Waals surface area contributed by atoms with E-state index in [-0.39, 0.29) is 32.2 Å². The van der Waals surface area contributed by atoms with Crippen molar-refractivity contribution in [2.24, 2.45) is 0 Å². The van der Waals surface area contributed by atoms with Crippen molar-refractivity contribution in [3.63, 3.8) is 0 Å². The van der Waals surface area contributed by atoms with Gasteiger partial charge in [0.05, 0.1) is 34.4 Å². The predicted octanol–water partition coefficient (Wildman–Crippen LogP) is 15.0. The number of allylic oxidation sites excluding steroid dienone is 6. The number of carbonyl (C=O) groups is 3. The summed E-state index contributed by atoms with van der Waals surface area (Å²) in [5.41, 5.74) is 0. The molecule has 0 aromatic rings. The van der Waals surface area contributed by atoms with E-state index >= 15 is 0 Å². The third kappa shape index (κ3) is 47.5. The van der Waals surface area contributed by atoms with Gasteiger partial charge >= 0.3 is 17.9 Å². The van der Waals surface area contributed by atoms with Gasteiger partial charge in [-0.25, -0.2) is 4.79 Å². The lowest BCUT2D eigenvalue weighted by Gasteiger charge is -2.25. The molecule has 2 atom stereocenters. The minimum atomic E-state index is -1.51. The van der Waals surface area contributed by atoms with E-state index in [1.54, 1.807) is 0 Å². The van der Waals surface area contributed by atoms with Crippen LogP contribution in [0.5, 0.6) is 0 Å². The summed E-state index contributed by atoms with van der Waals surface area (Å²) in [7, 11) is 5.96. The minimum absolute atomic E-state index is 0.185. The number of carboxylic acids is 1. The van der Waals surface area contributed by atoms with E-state index in [2.05, 4.69) is 50.3 Å². The number of hydrogen-bond acceptors (Lipinski definition) is 7. The summed E-state index contributed by atoms with van der Waals surface area (Å²) in [6.45, 7) is 4.86. The molecule has 0 saturated carbocycles. The molecule has 64 heavy (non-hydrogen) atoms. The molecule has 0 fully saturated rings. The Kier molecular flexibility index (Phi) is 45.2. The van der Waals surface area contributed by atoms with Gasteiger partial charge < -0.3 is 28.5 Å². The van der Waals surface area contributed by atoms with Gasteiger partial charge in [0.2, 0.25) is 0 Å². The summed E-state index contributed by atoms with van der Waals surface area (Å²) in [5.74, 6) is -2.01. The zero-order valence-electron chi connectivity index (χ0n) is 42.4. The van der Waals surface area contributed by atoms with Crippen molar-refractivity contribution in [2.45, 2.75) is 251 Å². The highest BCUT2D eigenvalue weighted by Gasteiger charge is 2.25. The molecule has 1 N–H and O–H groups in total. The van der Waals surface area contributed by atoms with Crippen molar-refractivity contribution in [2.75, 3.05) is 47.5 Å². The second-order valence-corrected chi connectivity index (χ2v) is 19.2. The molecule has 9 heteroatoms. The van der Waals surface area contributed by atoms with Crippen LogP contribution in [0.15, 0.2) is 36.5 Å². The van der Waals surface area contributed by atoms with Gasteiger partial charge in [-0.05, 0) is 70.6 Å². The predicted molar refractivity (Wildman–Crippen MR) is 267 cm³/mol. The fourth-order valence-corrected chi connectivity index (χ4v) is 7.45. The van der Waals surface area contributed by atoms with E-state index in [1.807, 2.05) is 21.1 Å². The van der Waals surface area contributed by atoms with E-state index < -0.39 is 24.3 Å². The van der Waals surface area contributed by atoms with E-state index in [0.29, 0.717) is 17.4 Å². The van der Waals surface area contributed by atoms with Crippen LogP contribution in [0.2, 0.25) is 0 Å². The third-order valence-electron chi connectivity index (χ3n) is 11.6. The summed E-state index contributed by atoms with van der Waals surface area (Å²) in [6, 6.07) is 0. The van der Waals surface area contributed by atoms with Crippen molar-refractivity contribution in [3.8, 4) is 0 Å². The monoisotopic (exact) mass is 905 g/mol. The van der Waals surface area contributed by atoms with E-state index in [0.717, 1.165) is 64.2 Å². The second-order valence-electron chi connectivity index (χ2n) is 19.2. The molecular formula is C55H102NO8+. The molecule has 0 aliphatic rings. The van der Waals surface area contributed by atoms with E-state index in [1.165, 1.54) is 148 Å². The van der Waals surface area contributed by atoms with Crippen molar-refractivity contribution in [3.05, 3.63) is 36.5 Å². The molecule has 0 amide bonds. The van der Waals surface area contributed by atoms with Gasteiger partial charge in [0.15, 0.2) is 6.10 Å². The Labute approximate surface area is 394 Å². The fraction of sp³-hybridized carbons (Fsp3) is 0.836. The highest BCUT2D eigenvalue weighted by Crippen LogP contribution is 2.15. The zero-order valence-corrected chi connectivity index (χ0v) is 42.4. The number of esters is 2. The first-order valence-corrected chi connectivity index (χ1v) is 26.7. The standard InChI is InChI=1S/C55H101NO8/c1-6-8-10-12-14-16-18-20-22-23-24-25-26-27-28-29-30-31-32-34-36-38-40-42-44-46-53(58)64-51(50-63-55(54(59)60)61-48-47-56(3,4)5)49-62-52(57)45-43-41-39-37-35-33-21-19-17-15-13-11-9-7-2/h18-21,23-24,51,55H,6-17,22,25-50H2,1-5H3/p+1/b20-18-,21-19-,24-23-. The van der Waals surface area contributed by atoms with Crippen LogP contribution >= 0.6 is 0 Å². The number of ether oxygens (including phenoxy) is 4. The summed E-state index contributed by atoms with van der Waals surface area (Å²) in [5, 5.41) is 9.67. The fourth-order valence-electron chi connectivity index (χ4n) is 7.45. The normalized spacial score (nSPS) is 13.1. The maximum Gasteiger partial charge on any atom is 0.361 e. The van der Waals surface area contributed by atoms with Crippen molar-refractivity contribution in [1.29, 1.82) is 0 Å². The van der Waals surface area contributed by atoms with Crippen LogP contribution in [0.3, 0.4) is 0 Å². The Morgan fingerprint density at radius 1 is 0.469 bits per heavy atom. The van der Waals surface area contributed by atoms with Crippen LogP contribution in [-0.2, 0) is 33.3 Å². The number of carbonyl (C=O) groups excluding carboxylic acids is 2. The molecule has 0 saturated heterocycles. The number of hydrogen-bond donors (Lipinski definition) is 1. The summed E-state index contributed by atoms with van der Waals surface area (Å²) >= 11 is 0. The number of aliphatic carboxylic acids is 1. The number of rotatable bonds is 49. The topological polar surface area (TPSA) is 108 Å². The largest absolute Gasteiger partial charge is 0.477 e. The van der Waals surface area contributed by atoms with Crippen LogP contribution in [0, 0.1) is 0 Å². The molecule has 0 spiro atoms. The Morgan fingerprint density at radius 3 is 1.25 bits per heavy atom. The van der Waals surface area contributed by atoms with Gasteiger partial charge in [-0.2, -0.15) is 0 Å². The van der Waals surface area contributed by atoms with Crippen LogP contribution in [-0.4, -0.2) is 87.4 Å². The van der Waals surface area contributed by atoms with Gasteiger partial charge in [-0.15, -0.1) is 0 Å². The Hall–Kier alpha value is -2.49. The molecule has 0 aromatic carbocycles. The van der Waals surface area contributed by atoms with Crippen LogP contribution in [0.25, 0.3) is 0 Å². The second kappa shape index (κ2) is 47.0. The number of quaternary nitrogens is 1. The Bertz CT molecular complexity index is 1150. The van der Waals surface area contributed by atoms with Crippen molar-refractivity contribution < 1.29 is 42.9 Å². The first-order chi connectivity index (χ1) is 31.1. The van der Waals surface area contributed by atoms with Gasteiger partial charge in [-0.3, -0.25) is 9.59 Å². The lowest BCUT2D eigenvalue weighted by molar-refractivity contribution is -0.870. The quantitative estimate of drug-likeness (QED) is 0.0211. The molecule has 2 unspecified atom stereocenters. The van der Waals surface area contributed by atoms with Gasteiger partial charge in [0.25, 0.3) is 6.29 Å². The summed E-state index contributed by atoms with van der Waals surface area (Å²) in [4.78, 5) is 37.3. The number of likely N-dealkylation sites (N-methyl/N-ethyl adjacent to an activating group) is 1. The average Bonchev–Trinajstić information content (AvgIpc) is 3.26. The lowest BCUT2D eigenvalue weighted by atomic mass is 10.0. The lowest BCUT2D eigenvalue weighted by Crippen LogP contribution is -2.40. The number of carboxylic acid groups (broad SMARTS) is 1. The molecule has 374 valence electrons. The van der Waals surface area contributed by atoms with Crippen molar-refractivity contribution >= 4 is 17.9 Å². The molecule has 0 radical (unpaired) electrons. The highest BCUT2D eigenvalue weighted by molar-refractivity contribution is 5.71. The van der Waals surface area contributed by atoms with Crippen molar-refractivity contribution in [1.82, 2.24) is 0 Å². The van der Waals surface area contributed by atoms with E-state index in [4.69, 9.17) is 18.9 Å². The molecule has 0 bridgehead atoms. The Morgan fingerprint density at radius 2 is 0.844 bits per heavy atom. The first kappa shape index (κ1) is 61.5. The molecule has 0 rings (SSSR count). The van der Waals surface area contributed by atoms with Crippen LogP contribution in [0.1, 0.15) is 239 Å². The smallest absolute Gasteiger partial charge is 0.361 e. The summed E-state index contributed by atoms with van der Waals surface area (Å²) in [6.07, 6.45) is 52.1. The third-order valence-corrected chi connectivity index (χ3v) is 11.6. The van der Waals surface area contributed by atoms with E-state index in [9.17, 15) is 19.5 Å².